The van der Waals surface area contributed by atoms with Crippen LogP contribution in [0.4, 0.5) is 0 Å². The minimum atomic E-state index is 0.698. The van der Waals surface area contributed by atoms with Crippen molar-refractivity contribution in [1.82, 2.24) is 10.2 Å². The number of hydrogen-bond acceptors (Lipinski definition) is 2. The first kappa shape index (κ1) is 15.8. The smallest absolute Gasteiger partial charge is 0.0409 e. The van der Waals surface area contributed by atoms with Crippen LogP contribution >= 0.6 is 11.6 Å². The molecule has 20 heavy (non-hydrogen) atoms. The van der Waals surface area contributed by atoms with E-state index in [4.69, 9.17) is 11.6 Å². The lowest BCUT2D eigenvalue weighted by Gasteiger charge is -2.36. The predicted octanol–water partition coefficient (Wildman–Crippen LogP) is 3.86. The van der Waals surface area contributed by atoms with E-state index in [0.717, 1.165) is 31.2 Å². The maximum Gasteiger partial charge on any atom is 0.0409 e. The predicted molar refractivity (Wildman–Crippen MR) is 87.3 cm³/mol. The molecule has 1 saturated heterocycles. The van der Waals surface area contributed by atoms with E-state index in [-0.39, 0.29) is 0 Å². The summed E-state index contributed by atoms with van der Waals surface area (Å²) < 4.78 is 0. The van der Waals surface area contributed by atoms with Gasteiger partial charge in [0.05, 0.1) is 0 Å². The molecular formula is C17H27ClN2. The first-order chi connectivity index (χ1) is 9.56. The number of nitrogens with zero attached hydrogens (tertiary/aromatic N) is 1. The molecule has 2 nitrogen and oxygen atoms in total. The molecule has 2 rings (SSSR count). The average molecular weight is 295 g/mol. The Hall–Kier alpha value is -0.570. The van der Waals surface area contributed by atoms with E-state index in [1.54, 1.807) is 0 Å². The van der Waals surface area contributed by atoms with Gasteiger partial charge in [0, 0.05) is 24.2 Å². The molecule has 0 bridgehead atoms. The molecule has 0 unspecified atom stereocenters. The van der Waals surface area contributed by atoms with E-state index in [9.17, 15) is 0 Å². The van der Waals surface area contributed by atoms with Crippen LogP contribution in [0.3, 0.4) is 0 Å². The fourth-order valence-corrected chi connectivity index (χ4v) is 3.21. The van der Waals surface area contributed by atoms with Crippen LogP contribution in [0.2, 0.25) is 5.02 Å². The zero-order valence-electron chi connectivity index (χ0n) is 13.0. The fourth-order valence-electron chi connectivity index (χ4n) is 3.01. The van der Waals surface area contributed by atoms with Gasteiger partial charge in [0.1, 0.15) is 0 Å². The molecule has 1 aliphatic rings. The van der Waals surface area contributed by atoms with Gasteiger partial charge in [-0.25, -0.2) is 0 Å². The number of halogens is 1. The number of piperidine rings is 1. The highest BCUT2D eigenvalue weighted by Gasteiger charge is 2.22. The minimum absolute atomic E-state index is 0.698. The zero-order chi connectivity index (χ0) is 14.5. The number of benzene rings is 1. The molecule has 3 heteroatoms. The van der Waals surface area contributed by atoms with Crippen molar-refractivity contribution in [2.24, 2.45) is 5.92 Å². The third-order valence-corrected chi connectivity index (χ3v) is 4.34. The van der Waals surface area contributed by atoms with Crippen LogP contribution in [0, 0.1) is 12.8 Å². The lowest BCUT2D eigenvalue weighted by atomic mass is 10.0. The van der Waals surface area contributed by atoms with Gasteiger partial charge in [-0.05, 0) is 62.0 Å². The van der Waals surface area contributed by atoms with E-state index in [2.05, 4.69) is 43.1 Å². The Morgan fingerprint density at radius 1 is 1.30 bits per heavy atom. The van der Waals surface area contributed by atoms with E-state index in [1.807, 2.05) is 6.07 Å². The van der Waals surface area contributed by atoms with Crippen LogP contribution in [0.5, 0.6) is 0 Å². The molecule has 0 aromatic heterocycles. The minimum Gasteiger partial charge on any atom is -0.317 e. The summed E-state index contributed by atoms with van der Waals surface area (Å²) in [6, 6.07) is 6.95. The van der Waals surface area contributed by atoms with Crippen LogP contribution in [0.15, 0.2) is 18.2 Å². The summed E-state index contributed by atoms with van der Waals surface area (Å²) in [5.74, 6) is 0.698. The van der Waals surface area contributed by atoms with Crippen LogP contribution in [-0.2, 0) is 6.54 Å². The van der Waals surface area contributed by atoms with Crippen molar-refractivity contribution in [2.45, 2.75) is 46.2 Å². The Kier molecular flexibility index (Phi) is 5.88. The molecule has 0 radical (unpaired) electrons. The zero-order valence-corrected chi connectivity index (χ0v) is 13.7. The van der Waals surface area contributed by atoms with Gasteiger partial charge in [-0.15, -0.1) is 0 Å². The summed E-state index contributed by atoms with van der Waals surface area (Å²) in [6.07, 6.45) is 2.51. The standard InChI is InChI=1S/C17H27ClN2/c1-13(2)11-20(17-6-8-19-9-7-17)12-15-10-16(18)5-4-14(15)3/h4-5,10,13,17,19H,6-9,11-12H2,1-3H3. The van der Waals surface area contributed by atoms with Gasteiger partial charge >= 0.3 is 0 Å². The monoisotopic (exact) mass is 294 g/mol. The van der Waals surface area contributed by atoms with Gasteiger partial charge in [-0.1, -0.05) is 31.5 Å². The van der Waals surface area contributed by atoms with Crippen molar-refractivity contribution in [1.29, 1.82) is 0 Å². The van der Waals surface area contributed by atoms with Gasteiger partial charge in [-0.2, -0.15) is 0 Å². The van der Waals surface area contributed by atoms with Crippen molar-refractivity contribution in [3.8, 4) is 0 Å². The maximum absolute atomic E-state index is 6.16. The van der Waals surface area contributed by atoms with Gasteiger partial charge in [-0.3, -0.25) is 4.90 Å². The topological polar surface area (TPSA) is 15.3 Å². The van der Waals surface area contributed by atoms with Gasteiger partial charge < -0.3 is 5.32 Å². The fraction of sp³-hybridized carbons (Fsp3) is 0.647. The van der Waals surface area contributed by atoms with Crippen LogP contribution in [-0.4, -0.2) is 30.6 Å². The van der Waals surface area contributed by atoms with Crippen LogP contribution in [0.1, 0.15) is 37.8 Å². The highest BCUT2D eigenvalue weighted by molar-refractivity contribution is 6.30. The summed E-state index contributed by atoms with van der Waals surface area (Å²) >= 11 is 6.16. The van der Waals surface area contributed by atoms with Crippen molar-refractivity contribution in [3.05, 3.63) is 34.3 Å². The number of aryl methyl sites for hydroxylation is 1. The van der Waals surface area contributed by atoms with Gasteiger partial charge in [0.15, 0.2) is 0 Å². The summed E-state index contributed by atoms with van der Waals surface area (Å²) in [7, 11) is 0. The molecule has 0 aliphatic carbocycles. The Labute approximate surface area is 128 Å². The van der Waals surface area contributed by atoms with Gasteiger partial charge in [0.2, 0.25) is 0 Å². The lowest BCUT2D eigenvalue weighted by Crippen LogP contribution is -2.44. The molecule has 0 atom stereocenters. The molecule has 1 fully saturated rings. The maximum atomic E-state index is 6.16. The quantitative estimate of drug-likeness (QED) is 0.887. The number of nitrogens with one attached hydrogen (secondary N) is 1. The second kappa shape index (κ2) is 7.44. The second-order valence-electron chi connectivity index (χ2n) is 6.38. The molecule has 1 N–H and O–H groups in total. The van der Waals surface area contributed by atoms with E-state index in [1.165, 1.54) is 24.0 Å². The number of hydrogen-bond donors (Lipinski definition) is 1. The normalized spacial score (nSPS) is 17.1. The Morgan fingerprint density at radius 2 is 2.00 bits per heavy atom. The van der Waals surface area contributed by atoms with Crippen molar-refractivity contribution >= 4 is 11.6 Å². The second-order valence-corrected chi connectivity index (χ2v) is 6.81. The molecule has 0 spiro atoms. The Balaban J connectivity index is 2.11. The molecular weight excluding hydrogens is 268 g/mol. The van der Waals surface area contributed by atoms with Crippen molar-refractivity contribution in [2.75, 3.05) is 19.6 Å². The lowest BCUT2D eigenvalue weighted by molar-refractivity contribution is 0.137. The highest BCUT2D eigenvalue weighted by Crippen LogP contribution is 2.21. The number of rotatable bonds is 5. The van der Waals surface area contributed by atoms with Crippen LogP contribution in [0.25, 0.3) is 0 Å². The summed E-state index contributed by atoms with van der Waals surface area (Å²) in [5.41, 5.74) is 2.72. The largest absolute Gasteiger partial charge is 0.317 e. The molecule has 1 aliphatic heterocycles. The molecule has 1 aromatic rings. The molecule has 0 amide bonds. The summed E-state index contributed by atoms with van der Waals surface area (Å²) in [4.78, 5) is 2.66. The summed E-state index contributed by atoms with van der Waals surface area (Å²) in [5, 5.41) is 4.31. The van der Waals surface area contributed by atoms with Crippen LogP contribution < -0.4 is 5.32 Å². The van der Waals surface area contributed by atoms with Crippen molar-refractivity contribution < 1.29 is 0 Å². The van der Waals surface area contributed by atoms with Crippen molar-refractivity contribution in [3.63, 3.8) is 0 Å². The first-order valence-corrected chi connectivity index (χ1v) is 8.14. The van der Waals surface area contributed by atoms with E-state index >= 15 is 0 Å². The molecule has 1 aromatic carbocycles. The SMILES string of the molecule is Cc1ccc(Cl)cc1CN(CC(C)C)C1CCNCC1. The average Bonchev–Trinajstić information content (AvgIpc) is 2.42. The third kappa shape index (κ3) is 4.47. The van der Waals surface area contributed by atoms with E-state index < -0.39 is 0 Å². The molecule has 112 valence electrons. The van der Waals surface area contributed by atoms with E-state index in [0.29, 0.717) is 12.0 Å². The third-order valence-electron chi connectivity index (χ3n) is 4.11. The first-order valence-electron chi connectivity index (χ1n) is 7.76. The molecule has 0 saturated carbocycles. The van der Waals surface area contributed by atoms with Gasteiger partial charge in [0.25, 0.3) is 0 Å². The highest BCUT2D eigenvalue weighted by atomic mass is 35.5. The Morgan fingerprint density at radius 3 is 2.65 bits per heavy atom. The Bertz CT molecular complexity index is 425. The molecule has 1 heterocycles. The summed E-state index contributed by atoms with van der Waals surface area (Å²) in [6.45, 7) is 11.3.